The average Bonchev–Trinajstić information content (AvgIpc) is 3.39. The van der Waals surface area contributed by atoms with Gasteiger partial charge in [0.25, 0.3) is 5.56 Å². The van der Waals surface area contributed by atoms with E-state index < -0.39 is 0 Å². The van der Waals surface area contributed by atoms with Gasteiger partial charge in [0.2, 0.25) is 0 Å². The number of para-hydroxylation sites is 1. The molecule has 192 valence electrons. The van der Waals surface area contributed by atoms with Crippen LogP contribution in [0, 0.1) is 0 Å². The summed E-state index contributed by atoms with van der Waals surface area (Å²) < 4.78 is 0. The first-order valence-corrected chi connectivity index (χ1v) is 13.5. The lowest BCUT2D eigenvalue weighted by Gasteiger charge is -2.25. The molecule has 1 aliphatic rings. The SMILES string of the molecule is O=c1[nH]c2ccc(Cl)cc2c(-c2ccccc2)c1C1=NN(C(=S)Nc2ccccc2)[C@H](c2ccccc2Cl)C1. The van der Waals surface area contributed by atoms with Crippen LogP contribution in [0.1, 0.15) is 23.6 Å². The van der Waals surface area contributed by atoms with Gasteiger partial charge < -0.3 is 10.3 Å². The fourth-order valence-corrected chi connectivity index (χ4v) is 5.70. The fourth-order valence-electron chi connectivity index (χ4n) is 4.98. The molecular formula is C31H22Cl2N4OS. The van der Waals surface area contributed by atoms with E-state index in [0.717, 1.165) is 27.8 Å². The molecule has 0 bridgehead atoms. The van der Waals surface area contributed by atoms with Crippen LogP contribution in [-0.2, 0) is 0 Å². The Labute approximate surface area is 240 Å². The number of hydrogen-bond acceptors (Lipinski definition) is 3. The number of hydrogen-bond donors (Lipinski definition) is 2. The third-order valence-electron chi connectivity index (χ3n) is 6.73. The number of hydrazone groups is 1. The van der Waals surface area contributed by atoms with Crippen molar-refractivity contribution in [3.8, 4) is 11.1 Å². The number of benzene rings is 4. The molecular weight excluding hydrogens is 547 g/mol. The van der Waals surface area contributed by atoms with E-state index in [1.165, 1.54) is 0 Å². The molecule has 6 rings (SSSR count). The number of nitrogens with one attached hydrogen (secondary N) is 2. The van der Waals surface area contributed by atoms with Crippen molar-refractivity contribution < 1.29 is 0 Å². The standard InChI is InChI=1S/C31H22Cl2N4OS/c32-20-15-16-25-23(17-20)28(19-9-3-1-4-10-19)29(30(38)35-25)26-18-27(22-13-7-8-14-24(22)33)37(36-26)31(39)34-21-11-5-2-6-12-21/h1-17,27H,18H2,(H,34,39)(H,35,38)/t27-/m0/s1. The number of pyridine rings is 1. The van der Waals surface area contributed by atoms with Gasteiger partial charge in [0, 0.05) is 38.6 Å². The van der Waals surface area contributed by atoms with Crippen LogP contribution in [0.2, 0.25) is 10.0 Å². The number of nitrogens with zero attached hydrogens (tertiary/aromatic N) is 2. The monoisotopic (exact) mass is 568 g/mol. The molecule has 0 spiro atoms. The second-order valence-electron chi connectivity index (χ2n) is 9.19. The zero-order chi connectivity index (χ0) is 26.9. The van der Waals surface area contributed by atoms with Crippen LogP contribution >= 0.6 is 35.4 Å². The zero-order valence-electron chi connectivity index (χ0n) is 20.6. The van der Waals surface area contributed by atoms with Gasteiger partial charge in [0.15, 0.2) is 5.11 Å². The Morgan fingerprint density at radius 1 is 0.897 bits per heavy atom. The summed E-state index contributed by atoms with van der Waals surface area (Å²) >= 11 is 18.9. The number of anilines is 1. The van der Waals surface area contributed by atoms with Crippen LogP contribution in [0.15, 0.2) is 113 Å². The molecule has 0 amide bonds. The molecule has 0 saturated heterocycles. The molecule has 2 heterocycles. The van der Waals surface area contributed by atoms with E-state index in [1.54, 1.807) is 11.1 Å². The van der Waals surface area contributed by atoms with Gasteiger partial charge in [-0.3, -0.25) is 4.79 Å². The van der Waals surface area contributed by atoms with Gasteiger partial charge in [0.05, 0.1) is 17.3 Å². The smallest absolute Gasteiger partial charge is 0.258 e. The molecule has 0 fully saturated rings. The zero-order valence-corrected chi connectivity index (χ0v) is 22.9. The first-order valence-electron chi connectivity index (χ1n) is 12.4. The maximum atomic E-state index is 13.7. The van der Waals surface area contributed by atoms with Crippen molar-refractivity contribution in [3.63, 3.8) is 0 Å². The Morgan fingerprint density at radius 3 is 2.33 bits per heavy atom. The number of H-pyrrole nitrogens is 1. The van der Waals surface area contributed by atoms with E-state index in [1.807, 2.05) is 97.1 Å². The second kappa shape index (κ2) is 10.7. The van der Waals surface area contributed by atoms with E-state index in [0.29, 0.717) is 38.4 Å². The number of rotatable bonds is 4. The minimum absolute atomic E-state index is 0.232. The third-order valence-corrected chi connectivity index (χ3v) is 7.60. The first-order chi connectivity index (χ1) is 19.0. The van der Waals surface area contributed by atoms with Gasteiger partial charge in [-0.05, 0) is 59.7 Å². The minimum atomic E-state index is -0.310. The maximum Gasteiger partial charge on any atom is 0.258 e. The van der Waals surface area contributed by atoms with Crippen molar-refractivity contribution in [2.75, 3.05) is 5.32 Å². The van der Waals surface area contributed by atoms with E-state index in [-0.39, 0.29) is 11.6 Å². The van der Waals surface area contributed by atoms with Gasteiger partial charge in [-0.1, -0.05) is 89.9 Å². The quantitative estimate of drug-likeness (QED) is 0.215. The van der Waals surface area contributed by atoms with Crippen LogP contribution in [0.3, 0.4) is 0 Å². The molecule has 1 aliphatic heterocycles. The summed E-state index contributed by atoms with van der Waals surface area (Å²) in [5.74, 6) is 0. The topological polar surface area (TPSA) is 60.5 Å². The Morgan fingerprint density at radius 2 is 1.59 bits per heavy atom. The van der Waals surface area contributed by atoms with E-state index in [4.69, 9.17) is 40.5 Å². The van der Waals surface area contributed by atoms with Crippen molar-refractivity contribution in [1.29, 1.82) is 0 Å². The van der Waals surface area contributed by atoms with Crippen LogP contribution in [0.4, 0.5) is 5.69 Å². The molecule has 0 aliphatic carbocycles. The molecule has 2 N–H and O–H groups in total. The number of thiocarbonyl (C=S) groups is 1. The lowest BCUT2D eigenvalue weighted by Crippen LogP contribution is -2.31. The molecule has 8 heteroatoms. The summed E-state index contributed by atoms with van der Waals surface area (Å²) in [6.07, 6.45) is 0.426. The van der Waals surface area contributed by atoms with Crippen LogP contribution in [-0.4, -0.2) is 20.8 Å². The minimum Gasteiger partial charge on any atom is -0.331 e. The summed E-state index contributed by atoms with van der Waals surface area (Å²) in [5.41, 5.74) is 4.94. The van der Waals surface area contributed by atoms with E-state index >= 15 is 0 Å². The van der Waals surface area contributed by atoms with Crippen molar-refractivity contribution in [2.45, 2.75) is 12.5 Å². The van der Waals surface area contributed by atoms with Crippen molar-refractivity contribution in [3.05, 3.63) is 135 Å². The summed E-state index contributed by atoms with van der Waals surface area (Å²) in [4.78, 5) is 16.7. The number of aromatic amines is 1. The number of fused-ring (bicyclic) bond motifs is 1. The predicted octanol–water partition coefficient (Wildman–Crippen LogP) is 8.05. The summed E-state index contributed by atoms with van der Waals surface area (Å²) in [6.45, 7) is 0. The third kappa shape index (κ3) is 4.94. The molecule has 0 radical (unpaired) electrons. The molecule has 1 aromatic heterocycles. The lowest BCUT2D eigenvalue weighted by molar-refractivity contribution is 0.375. The Bertz CT molecular complexity index is 1790. The van der Waals surface area contributed by atoms with Crippen LogP contribution in [0.5, 0.6) is 0 Å². The molecule has 0 unspecified atom stereocenters. The van der Waals surface area contributed by atoms with Crippen molar-refractivity contribution >= 4 is 62.8 Å². The number of aromatic nitrogens is 1. The summed E-state index contributed by atoms with van der Waals surface area (Å²) in [5, 5.41) is 12.4. The van der Waals surface area contributed by atoms with Crippen molar-refractivity contribution in [1.82, 2.24) is 9.99 Å². The molecule has 1 atom stereocenters. The molecule has 4 aromatic carbocycles. The summed E-state index contributed by atoms with van der Waals surface area (Å²) in [6, 6.07) is 32.3. The maximum absolute atomic E-state index is 13.7. The highest BCUT2D eigenvalue weighted by atomic mass is 35.5. The molecule has 5 nitrogen and oxygen atoms in total. The highest BCUT2D eigenvalue weighted by Crippen LogP contribution is 2.39. The fraction of sp³-hybridized carbons (Fsp3) is 0.0645. The highest BCUT2D eigenvalue weighted by molar-refractivity contribution is 7.80. The average molecular weight is 570 g/mol. The molecule has 5 aromatic rings. The Balaban J connectivity index is 1.54. The van der Waals surface area contributed by atoms with E-state index in [2.05, 4.69) is 10.3 Å². The van der Waals surface area contributed by atoms with Gasteiger partial charge in [0.1, 0.15) is 0 Å². The Kier molecular flexibility index (Phi) is 6.92. The van der Waals surface area contributed by atoms with Gasteiger partial charge in [-0.15, -0.1) is 0 Å². The van der Waals surface area contributed by atoms with Crippen molar-refractivity contribution in [2.24, 2.45) is 5.10 Å². The Hall–Kier alpha value is -3.97. The predicted molar refractivity (Wildman–Crippen MR) is 165 cm³/mol. The van der Waals surface area contributed by atoms with Gasteiger partial charge >= 0.3 is 0 Å². The van der Waals surface area contributed by atoms with Crippen LogP contribution in [0.25, 0.3) is 22.0 Å². The second-order valence-corrected chi connectivity index (χ2v) is 10.4. The largest absolute Gasteiger partial charge is 0.331 e. The summed E-state index contributed by atoms with van der Waals surface area (Å²) in [7, 11) is 0. The number of halogens is 2. The molecule has 39 heavy (non-hydrogen) atoms. The lowest BCUT2D eigenvalue weighted by atomic mass is 9.91. The highest BCUT2D eigenvalue weighted by Gasteiger charge is 2.35. The first kappa shape index (κ1) is 25.3. The van der Waals surface area contributed by atoms with E-state index in [9.17, 15) is 4.79 Å². The van der Waals surface area contributed by atoms with Gasteiger partial charge in [-0.25, -0.2) is 5.01 Å². The van der Waals surface area contributed by atoms with Crippen LogP contribution < -0.4 is 10.9 Å². The normalized spacial score (nSPS) is 14.9. The molecule has 0 saturated carbocycles. The van der Waals surface area contributed by atoms with Gasteiger partial charge in [-0.2, -0.15) is 5.10 Å².